The molecule has 1 aromatic carbocycles. The van der Waals surface area contributed by atoms with Crippen LogP contribution in [0.15, 0.2) is 18.2 Å². The van der Waals surface area contributed by atoms with Gasteiger partial charge in [-0.1, -0.05) is 25.8 Å². The predicted octanol–water partition coefficient (Wildman–Crippen LogP) is 3.44. The fraction of sp³-hybridized carbons (Fsp3) is 0.647. The summed E-state index contributed by atoms with van der Waals surface area (Å²) in [5, 5.41) is 3.45. The topological polar surface area (TPSA) is 30.5 Å². The summed E-state index contributed by atoms with van der Waals surface area (Å²) in [6.07, 6.45) is 4.27. The molecule has 1 heterocycles. The van der Waals surface area contributed by atoms with Crippen molar-refractivity contribution in [2.45, 2.75) is 44.3 Å². The third kappa shape index (κ3) is 2.92. The summed E-state index contributed by atoms with van der Waals surface area (Å²) in [7, 11) is 1.58. The van der Waals surface area contributed by atoms with Crippen LogP contribution in [0.25, 0.3) is 0 Å². The van der Waals surface area contributed by atoms with Crippen LogP contribution in [0, 0.1) is 11.7 Å². The Morgan fingerprint density at radius 2 is 2.29 bits per heavy atom. The average molecular weight is 293 g/mol. The molecule has 3 rings (SSSR count). The van der Waals surface area contributed by atoms with Crippen LogP contribution in [0.1, 0.15) is 44.3 Å². The maximum absolute atomic E-state index is 14.3. The Hall–Kier alpha value is -1.13. The molecule has 4 heteroatoms. The molecular formula is C17H24FNO2. The Morgan fingerprint density at radius 1 is 1.43 bits per heavy atom. The molecule has 21 heavy (non-hydrogen) atoms. The predicted molar refractivity (Wildman–Crippen MR) is 80.0 cm³/mol. The molecule has 1 saturated carbocycles. The maximum atomic E-state index is 14.3. The first-order valence-corrected chi connectivity index (χ1v) is 7.84. The standard InChI is InChI=1S/C17H24FNO2/c1-12-5-4-8-17(9-12)11-19-10-15(21-17)16-13(18)6-3-7-14(16)20-2/h3,6-7,12,15,19H,4-5,8-11H2,1-2H3. The first-order valence-electron chi connectivity index (χ1n) is 7.84. The van der Waals surface area contributed by atoms with Crippen molar-refractivity contribution in [1.82, 2.24) is 5.32 Å². The lowest BCUT2D eigenvalue weighted by atomic mass is 9.77. The van der Waals surface area contributed by atoms with Gasteiger partial charge in [-0.05, 0) is 30.9 Å². The first kappa shape index (κ1) is 14.8. The van der Waals surface area contributed by atoms with Crippen molar-refractivity contribution in [1.29, 1.82) is 0 Å². The Balaban J connectivity index is 1.86. The number of benzene rings is 1. The Morgan fingerprint density at radius 3 is 3.05 bits per heavy atom. The number of nitrogens with one attached hydrogen (secondary N) is 1. The number of hydrogen-bond donors (Lipinski definition) is 1. The summed E-state index contributed by atoms with van der Waals surface area (Å²) < 4.78 is 26.0. The van der Waals surface area contributed by atoms with E-state index >= 15 is 0 Å². The molecule has 0 bridgehead atoms. The lowest BCUT2D eigenvalue weighted by Gasteiger charge is -2.46. The van der Waals surface area contributed by atoms with Gasteiger partial charge in [0.15, 0.2) is 0 Å². The van der Waals surface area contributed by atoms with Gasteiger partial charge in [0.2, 0.25) is 0 Å². The molecule has 2 fully saturated rings. The zero-order valence-electron chi connectivity index (χ0n) is 12.8. The Bertz CT molecular complexity index is 504. The third-order valence-corrected chi connectivity index (χ3v) is 4.77. The van der Waals surface area contributed by atoms with E-state index in [1.165, 1.54) is 18.9 Å². The zero-order valence-corrected chi connectivity index (χ0v) is 12.8. The molecule has 1 aliphatic carbocycles. The molecule has 1 aliphatic heterocycles. The van der Waals surface area contributed by atoms with Gasteiger partial charge in [0.25, 0.3) is 0 Å². The highest BCUT2D eigenvalue weighted by atomic mass is 19.1. The molecule has 0 aromatic heterocycles. The van der Waals surface area contributed by atoms with E-state index in [1.54, 1.807) is 19.2 Å². The van der Waals surface area contributed by atoms with Crippen molar-refractivity contribution in [3.63, 3.8) is 0 Å². The molecule has 1 spiro atoms. The minimum absolute atomic E-state index is 0.145. The SMILES string of the molecule is COc1cccc(F)c1C1CNCC2(CCCC(C)C2)O1. The highest BCUT2D eigenvalue weighted by Gasteiger charge is 2.41. The Labute approximate surface area is 125 Å². The van der Waals surface area contributed by atoms with Crippen molar-refractivity contribution in [2.75, 3.05) is 20.2 Å². The monoisotopic (exact) mass is 293 g/mol. The van der Waals surface area contributed by atoms with E-state index in [4.69, 9.17) is 9.47 Å². The van der Waals surface area contributed by atoms with Crippen LogP contribution in [-0.2, 0) is 4.74 Å². The van der Waals surface area contributed by atoms with Gasteiger partial charge in [0.05, 0.1) is 18.3 Å². The van der Waals surface area contributed by atoms with E-state index in [1.807, 2.05) is 0 Å². The van der Waals surface area contributed by atoms with Gasteiger partial charge >= 0.3 is 0 Å². The van der Waals surface area contributed by atoms with E-state index in [2.05, 4.69) is 12.2 Å². The largest absolute Gasteiger partial charge is 0.496 e. The van der Waals surface area contributed by atoms with Gasteiger partial charge in [0, 0.05) is 13.1 Å². The molecule has 1 N–H and O–H groups in total. The fourth-order valence-electron chi connectivity index (χ4n) is 3.86. The normalized spacial score (nSPS) is 33.1. The summed E-state index contributed by atoms with van der Waals surface area (Å²) in [6.45, 7) is 3.77. The second-order valence-corrected chi connectivity index (χ2v) is 6.48. The summed E-state index contributed by atoms with van der Waals surface area (Å²) in [5.41, 5.74) is 0.401. The van der Waals surface area contributed by atoms with Gasteiger partial charge in [-0.3, -0.25) is 0 Å². The van der Waals surface area contributed by atoms with Crippen molar-refractivity contribution in [2.24, 2.45) is 5.92 Å². The van der Waals surface area contributed by atoms with E-state index in [0.717, 1.165) is 19.4 Å². The fourth-order valence-corrected chi connectivity index (χ4v) is 3.86. The van der Waals surface area contributed by atoms with Gasteiger partial charge in [0.1, 0.15) is 17.7 Å². The highest BCUT2D eigenvalue weighted by Crippen LogP contribution is 2.42. The van der Waals surface area contributed by atoms with Gasteiger partial charge < -0.3 is 14.8 Å². The van der Waals surface area contributed by atoms with Crippen LogP contribution in [-0.4, -0.2) is 25.8 Å². The quantitative estimate of drug-likeness (QED) is 0.906. The molecule has 0 amide bonds. The second kappa shape index (κ2) is 5.93. The summed E-state index contributed by atoms with van der Waals surface area (Å²) in [6, 6.07) is 4.95. The van der Waals surface area contributed by atoms with Crippen molar-refractivity contribution >= 4 is 0 Å². The number of rotatable bonds is 2. The molecule has 0 radical (unpaired) electrons. The molecule has 2 aliphatic rings. The van der Waals surface area contributed by atoms with Crippen LogP contribution in [0.2, 0.25) is 0 Å². The first-order chi connectivity index (χ1) is 10.1. The van der Waals surface area contributed by atoms with Crippen molar-refractivity contribution < 1.29 is 13.9 Å². The number of methoxy groups -OCH3 is 1. The number of ether oxygens (including phenoxy) is 2. The van der Waals surface area contributed by atoms with Crippen LogP contribution in [0.3, 0.4) is 0 Å². The third-order valence-electron chi connectivity index (χ3n) is 4.77. The number of halogens is 1. The summed E-state index contributed by atoms with van der Waals surface area (Å²) in [5.74, 6) is 0.992. The van der Waals surface area contributed by atoms with E-state index in [0.29, 0.717) is 23.8 Å². The van der Waals surface area contributed by atoms with Crippen LogP contribution in [0.4, 0.5) is 4.39 Å². The molecule has 116 valence electrons. The minimum atomic E-state index is -0.278. The van der Waals surface area contributed by atoms with Crippen LogP contribution in [0.5, 0.6) is 5.75 Å². The minimum Gasteiger partial charge on any atom is -0.496 e. The second-order valence-electron chi connectivity index (χ2n) is 6.48. The lowest BCUT2D eigenvalue weighted by Crippen LogP contribution is -2.53. The molecule has 1 saturated heterocycles. The maximum Gasteiger partial charge on any atom is 0.132 e. The van der Waals surface area contributed by atoms with Crippen molar-refractivity contribution in [3.8, 4) is 5.75 Å². The van der Waals surface area contributed by atoms with Crippen LogP contribution >= 0.6 is 0 Å². The molecule has 1 aromatic rings. The molecule has 3 atom stereocenters. The zero-order chi connectivity index (χ0) is 14.9. The van der Waals surface area contributed by atoms with E-state index in [9.17, 15) is 4.39 Å². The average Bonchev–Trinajstić information content (AvgIpc) is 2.46. The van der Waals surface area contributed by atoms with Crippen molar-refractivity contribution in [3.05, 3.63) is 29.6 Å². The number of hydrogen-bond acceptors (Lipinski definition) is 3. The molecule has 3 unspecified atom stereocenters. The highest BCUT2D eigenvalue weighted by molar-refractivity contribution is 5.37. The van der Waals surface area contributed by atoms with E-state index in [-0.39, 0.29) is 17.5 Å². The lowest BCUT2D eigenvalue weighted by molar-refractivity contribution is -0.144. The molecular weight excluding hydrogens is 269 g/mol. The molecule has 3 nitrogen and oxygen atoms in total. The van der Waals surface area contributed by atoms with Gasteiger partial charge in [-0.25, -0.2) is 4.39 Å². The van der Waals surface area contributed by atoms with Gasteiger partial charge in [-0.15, -0.1) is 0 Å². The smallest absolute Gasteiger partial charge is 0.132 e. The summed E-state index contributed by atoms with van der Waals surface area (Å²) in [4.78, 5) is 0. The summed E-state index contributed by atoms with van der Waals surface area (Å²) >= 11 is 0. The Kier molecular flexibility index (Phi) is 4.18. The van der Waals surface area contributed by atoms with Gasteiger partial charge in [-0.2, -0.15) is 0 Å². The van der Waals surface area contributed by atoms with E-state index < -0.39 is 0 Å². The van der Waals surface area contributed by atoms with Crippen LogP contribution < -0.4 is 10.1 Å². The number of morpholine rings is 1.